The van der Waals surface area contributed by atoms with Crippen molar-refractivity contribution in [2.45, 2.75) is 84.1 Å². The van der Waals surface area contributed by atoms with Gasteiger partial charge in [-0.05, 0) is 67.9 Å². The molecule has 0 spiro atoms. The van der Waals surface area contributed by atoms with Gasteiger partial charge in [-0.3, -0.25) is 14.4 Å². The summed E-state index contributed by atoms with van der Waals surface area (Å²) in [6.45, 7) is 9.18. The number of ether oxygens (including phenoxy) is 2. The van der Waals surface area contributed by atoms with E-state index in [9.17, 15) is 24.3 Å². The number of aliphatic hydroxyl groups is 1. The third-order valence-corrected chi connectivity index (χ3v) is 12.0. The highest BCUT2D eigenvalue weighted by Crippen LogP contribution is 2.41. The van der Waals surface area contributed by atoms with Crippen molar-refractivity contribution >= 4 is 34.7 Å². The van der Waals surface area contributed by atoms with E-state index < -0.39 is 30.7 Å². The molecule has 3 aromatic heterocycles. The van der Waals surface area contributed by atoms with Crippen molar-refractivity contribution in [3.8, 4) is 39.5 Å². The number of benzene rings is 2. The fourth-order valence-corrected chi connectivity index (χ4v) is 8.89. The van der Waals surface area contributed by atoms with Crippen LogP contribution in [0, 0.1) is 11.8 Å². The molecular formula is C44H53N9O7. The molecule has 6 heterocycles. The lowest BCUT2D eigenvalue weighted by atomic mass is 10.0. The summed E-state index contributed by atoms with van der Waals surface area (Å²) in [4.78, 5) is 71.3. The Bertz CT molecular complexity index is 2410. The van der Waals surface area contributed by atoms with E-state index in [1.807, 2.05) is 40.0 Å². The molecule has 8 rings (SSSR count). The van der Waals surface area contributed by atoms with Gasteiger partial charge in [0.2, 0.25) is 17.7 Å². The number of amides is 4. The Hall–Kier alpha value is -6.16. The van der Waals surface area contributed by atoms with Crippen LogP contribution in [0.25, 0.3) is 44.7 Å². The Morgan fingerprint density at radius 3 is 1.98 bits per heavy atom. The molecule has 0 saturated carbocycles. The quantitative estimate of drug-likeness (QED) is 0.117. The van der Waals surface area contributed by atoms with Gasteiger partial charge in [0, 0.05) is 40.7 Å². The predicted octanol–water partition coefficient (Wildman–Crippen LogP) is 5.32. The number of aliphatic hydroxyl groups excluding tert-OH is 1. The second kappa shape index (κ2) is 16.8. The second-order valence-corrected chi connectivity index (χ2v) is 16.6. The van der Waals surface area contributed by atoms with Gasteiger partial charge in [0.25, 0.3) is 0 Å². The highest BCUT2D eigenvalue weighted by molar-refractivity contribution is 5.92. The number of methoxy groups -OCH3 is 1. The minimum absolute atomic E-state index is 0.121. The number of carbonyl (C=O) groups excluding carboxylic acids is 4. The Labute approximate surface area is 348 Å². The van der Waals surface area contributed by atoms with E-state index in [2.05, 4.69) is 61.6 Å². The third kappa shape index (κ3) is 7.71. The summed E-state index contributed by atoms with van der Waals surface area (Å²) in [5, 5.41) is 15.7. The molecule has 316 valence electrons. The molecule has 0 radical (unpaired) electrons. The monoisotopic (exact) mass is 819 g/mol. The van der Waals surface area contributed by atoms with E-state index in [4.69, 9.17) is 19.4 Å². The maximum Gasteiger partial charge on any atom is 0.407 e. The number of aromatic nitrogens is 5. The number of hydrogen-bond donors (Lipinski definition) is 5. The van der Waals surface area contributed by atoms with Gasteiger partial charge >= 0.3 is 6.09 Å². The Morgan fingerprint density at radius 2 is 1.40 bits per heavy atom. The van der Waals surface area contributed by atoms with Gasteiger partial charge in [0.05, 0.1) is 55.2 Å². The topological polar surface area (TPSA) is 200 Å². The molecule has 3 aliphatic rings. The zero-order chi connectivity index (χ0) is 42.2. The molecule has 16 heteroatoms. The van der Waals surface area contributed by atoms with Crippen molar-refractivity contribution in [1.29, 1.82) is 0 Å². The molecule has 2 aromatic carbocycles. The first-order valence-electron chi connectivity index (χ1n) is 20.8. The molecule has 5 aromatic rings. The van der Waals surface area contributed by atoms with Gasteiger partial charge in [0.15, 0.2) is 0 Å². The molecule has 60 heavy (non-hydrogen) atoms. The minimum Gasteiger partial charge on any atom is -0.491 e. The zero-order valence-corrected chi connectivity index (χ0v) is 34.7. The number of alkyl carbamates (subject to hydrolysis) is 1. The third-order valence-electron chi connectivity index (χ3n) is 12.0. The van der Waals surface area contributed by atoms with Gasteiger partial charge in [-0.25, -0.2) is 14.8 Å². The first kappa shape index (κ1) is 40.6. The lowest BCUT2D eigenvalue weighted by Gasteiger charge is -2.30. The number of carbonyl (C=O) groups is 4. The smallest absolute Gasteiger partial charge is 0.407 e. The number of hydrogen-bond acceptors (Lipinski definition) is 9. The molecule has 2 saturated heterocycles. The van der Waals surface area contributed by atoms with E-state index in [-0.39, 0.29) is 35.7 Å². The van der Waals surface area contributed by atoms with Crippen LogP contribution in [-0.2, 0) is 25.7 Å². The van der Waals surface area contributed by atoms with Crippen LogP contribution in [0.5, 0.6) is 5.75 Å². The molecule has 0 aliphatic carbocycles. The number of fused-ring (bicyclic) bond motifs is 5. The normalized spacial score (nSPS) is 18.5. The zero-order valence-electron chi connectivity index (χ0n) is 34.7. The fraction of sp³-hybridized carbons (Fsp3) is 0.455. The van der Waals surface area contributed by atoms with Crippen molar-refractivity contribution in [3.63, 3.8) is 0 Å². The largest absolute Gasteiger partial charge is 0.491 e. The summed E-state index contributed by atoms with van der Waals surface area (Å²) in [6.07, 6.45) is 6.14. The SMILES string of the molecule is COC(=O)N[C@H](C(=O)N1CCC[C@H]1c1ncc(-c2ccc3c(c2)OCCn2c-3cc3cc(-c4cnc([C@@H]5CCCN5C(=O)[C@@H](NC(=O)CO)C(C)C)[nH]4)ccc32)[nH]1)C(C)C. The fourth-order valence-electron chi connectivity index (χ4n) is 8.89. The number of H-pyrrole nitrogens is 2. The van der Waals surface area contributed by atoms with Gasteiger partial charge in [-0.2, -0.15) is 0 Å². The summed E-state index contributed by atoms with van der Waals surface area (Å²) in [7, 11) is 1.29. The molecule has 4 amide bonds. The van der Waals surface area contributed by atoms with Gasteiger partial charge in [-0.15, -0.1) is 0 Å². The van der Waals surface area contributed by atoms with Crippen LogP contribution in [-0.4, -0.2) is 109 Å². The average Bonchev–Trinajstić information content (AvgIpc) is 4.10. The van der Waals surface area contributed by atoms with Gasteiger partial charge < -0.3 is 49.5 Å². The van der Waals surface area contributed by atoms with Crippen LogP contribution in [0.3, 0.4) is 0 Å². The molecule has 3 aliphatic heterocycles. The number of rotatable bonds is 11. The van der Waals surface area contributed by atoms with Crippen molar-refractivity contribution < 1.29 is 33.8 Å². The molecule has 16 nitrogen and oxygen atoms in total. The van der Waals surface area contributed by atoms with Crippen molar-refractivity contribution in [2.75, 3.05) is 33.4 Å². The molecule has 4 atom stereocenters. The maximum atomic E-state index is 13.7. The molecule has 5 N–H and O–H groups in total. The summed E-state index contributed by atoms with van der Waals surface area (Å²) in [6, 6.07) is 12.8. The molecule has 0 bridgehead atoms. The number of nitrogens with one attached hydrogen (secondary N) is 4. The van der Waals surface area contributed by atoms with E-state index in [1.165, 1.54) is 7.11 Å². The van der Waals surface area contributed by atoms with E-state index in [0.717, 1.165) is 76.1 Å². The number of likely N-dealkylation sites (tertiary alicyclic amines) is 2. The van der Waals surface area contributed by atoms with Crippen LogP contribution in [0.2, 0.25) is 0 Å². The molecule has 2 fully saturated rings. The van der Waals surface area contributed by atoms with E-state index in [0.29, 0.717) is 37.9 Å². The first-order valence-corrected chi connectivity index (χ1v) is 20.8. The standard InChI is InChI=1S/C44H53N9O7/c1-24(2)38(49-37(55)23-54)42(56)52-14-6-8-33(52)40-45-21-30(47-40)26-11-13-32-28(18-26)19-35-29-12-10-27(20-36(29)60-17-16-51(32)35)31-22-46-41(48-31)34-9-7-15-53(34)43(57)39(25(3)4)50-44(58)59-5/h10-13,18-22,24-25,33-34,38-39,54H,6-9,14-17,23H2,1-5H3,(H,45,47)(H,46,48)(H,49,55)(H,50,58)/t33-,34-,38-,39-/m0/s1. The number of imidazole rings is 2. The lowest BCUT2D eigenvalue weighted by molar-refractivity contribution is -0.139. The summed E-state index contributed by atoms with van der Waals surface area (Å²) >= 11 is 0. The van der Waals surface area contributed by atoms with Gasteiger partial charge in [0.1, 0.15) is 42.7 Å². The first-order chi connectivity index (χ1) is 28.9. The summed E-state index contributed by atoms with van der Waals surface area (Å²) in [5.41, 5.74) is 6.65. The predicted molar refractivity (Wildman–Crippen MR) is 223 cm³/mol. The molecular weight excluding hydrogens is 767 g/mol. The van der Waals surface area contributed by atoms with Gasteiger partial charge in [-0.1, -0.05) is 39.8 Å². The minimum atomic E-state index is -0.734. The summed E-state index contributed by atoms with van der Waals surface area (Å²) in [5.74, 6) is 0.999. The van der Waals surface area contributed by atoms with E-state index >= 15 is 0 Å². The van der Waals surface area contributed by atoms with Crippen molar-refractivity contribution in [2.24, 2.45) is 11.8 Å². The molecule has 0 unspecified atom stereocenters. The Balaban J connectivity index is 1.01. The highest BCUT2D eigenvalue weighted by atomic mass is 16.5. The van der Waals surface area contributed by atoms with Crippen LogP contribution in [0.4, 0.5) is 4.79 Å². The highest BCUT2D eigenvalue weighted by Gasteiger charge is 2.39. The number of nitrogens with zero attached hydrogens (tertiary/aromatic N) is 5. The van der Waals surface area contributed by atoms with E-state index in [1.54, 1.807) is 16.0 Å². The summed E-state index contributed by atoms with van der Waals surface area (Å²) < 4.78 is 13.4. The van der Waals surface area contributed by atoms with Crippen LogP contribution >= 0.6 is 0 Å². The van der Waals surface area contributed by atoms with Crippen molar-refractivity contribution in [3.05, 3.63) is 66.5 Å². The number of aromatic amines is 2. The van der Waals surface area contributed by atoms with Crippen molar-refractivity contribution in [1.82, 2.24) is 44.9 Å². The van der Waals surface area contributed by atoms with Crippen LogP contribution in [0.1, 0.15) is 77.1 Å². The lowest BCUT2D eigenvalue weighted by Crippen LogP contribution is -2.51. The Morgan fingerprint density at radius 1 is 0.817 bits per heavy atom. The second-order valence-electron chi connectivity index (χ2n) is 16.6. The Kier molecular flexibility index (Phi) is 11.4. The van der Waals surface area contributed by atoms with Crippen LogP contribution in [0.15, 0.2) is 54.9 Å². The maximum absolute atomic E-state index is 13.7. The van der Waals surface area contributed by atoms with Crippen LogP contribution < -0.4 is 15.4 Å². The average molecular weight is 820 g/mol.